The lowest BCUT2D eigenvalue weighted by Crippen LogP contribution is -2.39. The molecule has 6 nitrogen and oxygen atoms in total. The lowest BCUT2D eigenvalue weighted by Gasteiger charge is -2.19. The second-order valence-corrected chi connectivity index (χ2v) is 4.32. The fraction of sp³-hybridized carbons (Fsp3) is 0.667. The van der Waals surface area contributed by atoms with E-state index in [1.807, 2.05) is 0 Å². The Morgan fingerprint density at radius 2 is 1.61 bits per heavy atom. The maximum absolute atomic E-state index is 11.4. The fourth-order valence-electron chi connectivity index (χ4n) is 1.66. The van der Waals surface area contributed by atoms with Crippen molar-refractivity contribution in [3.05, 3.63) is 12.5 Å². The number of hydrogen-bond acceptors (Lipinski definition) is 6. The van der Waals surface area contributed by atoms with E-state index in [1.165, 1.54) is 0 Å². The first-order valence-corrected chi connectivity index (χ1v) is 5.98. The van der Waals surface area contributed by atoms with E-state index in [4.69, 9.17) is 0 Å². The van der Waals surface area contributed by atoms with Crippen molar-refractivity contribution >= 4 is 11.9 Å². The maximum atomic E-state index is 11.4. The Kier molecular flexibility index (Phi) is 5.30. The van der Waals surface area contributed by atoms with Gasteiger partial charge in [0.2, 0.25) is 0 Å². The lowest BCUT2D eigenvalue weighted by atomic mass is 10.1. The van der Waals surface area contributed by atoms with Crippen LogP contribution in [0.4, 0.5) is 0 Å². The Morgan fingerprint density at radius 1 is 1.00 bits per heavy atom. The zero-order chi connectivity index (χ0) is 13.6. The Labute approximate surface area is 105 Å². The molecule has 1 fully saturated rings. The van der Waals surface area contributed by atoms with Gasteiger partial charge in [-0.1, -0.05) is 19.3 Å². The minimum absolute atomic E-state index is 0.118. The summed E-state index contributed by atoms with van der Waals surface area (Å²) >= 11 is 0. The van der Waals surface area contributed by atoms with E-state index >= 15 is 0 Å². The molecule has 1 aliphatic rings. The summed E-state index contributed by atoms with van der Waals surface area (Å²) in [6.07, 6.45) is 3.74. The number of hydrogen-bond donors (Lipinski definition) is 2. The summed E-state index contributed by atoms with van der Waals surface area (Å²) in [6, 6.07) is 0. The number of carbonyl (C=O) groups excluding carboxylic acids is 2. The van der Waals surface area contributed by atoms with Crippen LogP contribution in [0, 0.1) is 0 Å². The van der Waals surface area contributed by atoms with Crippen molar-refractivity contribution in [2.24, 2.45) is 0 Å². The molecule has 102 valence electrons. The summed E-state index contributed by atoms with van der Waals surface area (Å²) in [5.41, 5.74) is 0. The van der Waals surface area contributed by atoms with Crippen LogP contribution in [0.5, 0.6) is 0 Å². The van der Waals surface area contributed by atoms with Gasteiger partial charge in [-0.25, -0.2) is 4.79 Å². The highest BCUT2D eigenvalue weighted by Gasteiger charge is 2.35. The molecular formula is C12H18O6. The molecule has 0 aromatic carbocycles. The van der Waals surface area contributed by atoms with Gasteiger partial charge in [-0.15, -0.1) is 0 Å². The van der Waals surface area contributed by atoms with Crippen molar-refractivity contribution in [1.82, 2.24) is 0 Å². The number of ether oxygens (including phenoxy) is 2. The van der Waals surface area contributed by atoms with Crippen molar-refractivity contribution in [2.75, 3.05) is 0 Å². The Balaban J connectivity index is 2.65. The van der Waals surface area contributed by atoms with Gasteiger partial charge in [-0.05, 0) is 19.4 Å². The number of esters is 2. The SMILES string of the molecule is C=C1OC(=O)CCCCCCCC(O)(O)C(=O)O1. The van der Waals surface area contributed by atoms with E-state index in [-0.39, 0.29) is 12.8 Å². The smallest absolute Gasteiger partial charge is 0.374 e. The summed E-state index contributed by atoms with van der Waals surface area (Å²) in [7, 11) is 0. The van der Waals surface area contributed by atoms with Gasteiger partial charge in [0.05, 0.1) is 0 Å². The Bertz CT molecular complexity index is 333. The molecule has 6 heteroatoms. The summed E-state index contributed by atoms with van der Waals surface area (Å²) in [6.45, 7) is 3.22. The van der Waals surface area contributed by atoms with E-state index < -0.39 is 23.7 Å². The van der Waals surface area contributed by atoms with Gasteiger partial charge < -0.3 is 19.7 Å². The van der Waals surface area contributed by atoms with Gasteiger partial charge in [0, 0.05) is 12.8 Å². The van der Waals surface area contributed by atoms with Gasteiger partial charge in [-0.2, -0.15) is 0 Å². The molecule has 1 saturated heterocycles. The van der Waals surface area contributed by atoms with E-state index in [9.17, 15) is 19.8 Å². The molecule has 1 aliphatic heterocycles. The van der Waals surface area contributed by atoms with Crippen LogP contribution in [0.15, 0.2) is 12.5 Å². The molecule has 18 heavy (non-hydrogen) atoms. The van der Waals surface area contributed by atoms with Gasteiger partial charge >= 0.3 is 11.9 Å². The minimum Gasteiger partial charge on any atom is -0.393 e. The van der Waals surface area contributed by atoms with Gasteiger partial charge in [-0.3, -0.25) is 4.79 Å². The maximum Gasteiger partial charge on any atom is 0.374 e. The topological polar surface area (TPSA) is 93.1 Å². The molecule has 0 saturated carbocycles. The zero-order valence-electron chi connectivity index (χ0n) is 10.2. The van der Waals surface area contributed by atoms with Crippen LogP contribution in [-0.2, 0) is 19.1 Å². The molecule has 0 bridgehead atoms. The van der Waals surface area contributed by atoms with Gasteiger partial charge in [0.15, 0.2) is 0 Å². The predicted octanol–water partition coefficient (Wildman–Crippen LogP) is 0.969. The molecule has 0 aliphatic carbocycles. The molecule has 0 amide bonds. The summed E-state index contributed by atoms with van der Waals surface area (Å²) in [5.74, 6) is -4.92. The summed E-state index contributed by atoms with van der Waals surface area (Å²) < 4.78 is 9.10. The van der Waals surface area contributed by atoms with Crippen LogP contribution in [0.2, 0.25) is 0 Å². The van der Waals surface area contributed by atoms with Crippen LogP contribution < -0.4 is 0 Å². The van der Waals surface area contributed by atoms with Gasteiger partial charge in [0.25, 0.3) is 11.7 Å². The standard InChI is InChI=1S/C12H18O6/c1-9-17-10(13)7-5-3-2-4-6-8-12(15,16)11(14)18-9/h15-16H,1-8H2. The van der Waals surface area contributed by atoms with Crippen LogP contribution in [0.3, 0.4) is 0 Å². The zero-order valence-corrected chi connectivity index (χ0v) is 10.2. The van der Waals surface area contributed by atoms with E-state index in [0.717, 1.165) is 19.3 Å². The molecule has 1 rings (SSSR count). The first-order valence-electron chi connectivity index (χ1n) is 5.98. The van der Waals surface area contributed by atoms with E-state index in [1.54, 1.807) is 0 Å². The second-order valence-electron chi connectivity index (χ2n) is 4.32. The second kappa shape index (κ2) is 6.51. The lowest BCUT2D eigenvalue weighted by molar-refractivity contribution is -0.212. The normalized spacial score (nSPS) is 23.1. The Morgan fingerprint density at radius 3 is 2.33 bits per heavy atom. The molecule has 0 aromatic rings. The largest absolute Gasteiger partial charge is 0.393 e. The molecule has 0 radical (unpaired) electrons. The van der Waals surface area contributed by atoms with Crippen molar-refractivity contribution in [1.29, 1.82) is 0 Å². The molecule has 0 atom stereocenters. The van der Waals surface area contributed by atoms with Crippen LogP contribution in [0.25, 0.3) is 0 Å². The van der Waals surface area contributed by atoms with Gasteiger partial charge in [0.1, 0.15) is 0 Å². The first-order chi connectivity index (χ1) is 8.42. The fourth-order valence-corrected chi connectivity index (χ4v) is 1.66. The minimum atomic E-state index is -2.57. The van der Waals surface area contributed by atoms with E-state index in [0.29, 0.717) is 12.8 Å². The van der Waals surface area contributed by atoms with E-state index in [2.05, 4.69) is 16.1 Å². The Hall–Kier alpha value is -1.40. The van der Waals surface area contributed by atoms with Crippen LogP contribution >= 0.6 is 0 Å². The number of rotatable bonds is 0. The molecule has 0 unspecified atom stereocenters. The van der Waals surface area contributed by atoms with Crippen LogP contribution in [0.1, 0.15) is 44.9 Å². The predicted molar refractivity (Wildman–Crippen MR) is 60.8 cm³/mol. The molecule has 0 spiro atoms. The van der Waals surface area contributed by atoms with Crippen molar-refractivity contribution in [3.63, 3.8) is 0 Å². The van der Waals surface area contributed by atoms with Crippen molar-refractivity contribution in [3.8, 4) is 0 Å². The van der Waals surface area contributed by atoms with Crippen molar-refractivity contribution in [2.45, 2.75) is 50.7 Å². The highest BCUT2D eigenvalue weighted by atomic mass is 16.7. The van der Waals surface area contributed by atoms with Crippen molar-refractivity contribution < 1.29 is 29.3 Å². The quantitative estimate of drug-likeness (QED) is 0.496. The first kappa shape index (κ1) is 14.7. The molecule has 0 aromatic heterocycles. The molecule has 2 N–H and O–H groups in total. The third-order valence-corrected chi connectivity index (χ3v) is 2.67. The third kappa shape index (κ3) is 4.85. The summed E-state index contributed by atoms with van der Waals surface area (Å²) in [4.78, 5) is 22.6. The average molecular weight is 258 g/mol. The summed E-state index contributed by atoms with van der Waals surface area (Å²) in [5, 5.41) is 19.0. The third-order valence-electron chi connectivity index (χ3n) is 2.67. The average Bonchev–Trinajstić information content (AvgIpc) is 2.26. The number of carbonyl (C=O) groups is 2. The highest BCUT2D eigenvalue weighted by molar-refractivity contribution is 5.78. The number of aliphatic hydroxyl groups is 2. The van der Waals surface area contributed by atoms with Crippen LogP contribution in [-0.4, -0.2) is 27.9 Å². The molecular weight excluding hydrogens is 240 g/mol. The highest BCUT2D eigenvalue weighted by Crippen LogP contribution is 2.18. The monoisotopic (exact) mass is 258 g/mol. The number of cyclic esters (lactones) is 2. The molecule has 1 heterocycles.